The molecule has 0 saturated carbocycles. The lowest BCUT2D eigenvalue weighted by Gasteiger charge is -2.22. The van der Waals surface area contributed by atoms with Gasteiger partial charge >= 0.3 is 0 Å². The average Bonchev–Trinajstić information content (AvgIpc) is 2.62. The Morgan fingerprint density at radius 1 is 1.39 bits per heavy atom. The molecular weight excluding hydrogens is 249 g/mol. The van der Waals surface area contributed by atoms with Crippen molar-refractivity contribution in [1.82, 2.24) is 4.98 Å². The Labute approximate surface area is 110 Å². The molecule has 1 unspecified atom stereocenters. The van der Waals surface area contributed by atoms with Gasteiger partial charge in [-0.15, -0.1) is 11.3 Å². The van der Waals surface area contributed by atoms with Crippen LogP contribution in [0.25, 0.3) is 0 Å². The standard InChI is InChI=1S/C14H16FNOS/c1-10-9-18-13(16-10)8-14(2,17)7-11-4-3-5-12(15)6-11/h3-6,9,17H,7-8H2,1-2H3. The highest BCUT2D eigenvalue weighted by Crippen LogP contribution is 2.21. The Morgan fingerprint density at radius 3 is 2.78 bits per heavy atom. The minimum atomic E-state index is -0.905. The van der Waals surface area contributed by atoms with Crippen LogP contribution in [0, 0.1) is 12.7 Å². The monoisotopic (exact) mass is 265 g/mol. The van der Waals surface area contributed by atoms with Gasteiger partial charge < -0.3 is 5.11 Å². The van der Waals surface area contributed by atoms with Crippen molar-refractivity contribution in [3.8, 4) is 0 Å². The first-order valence-electron chi connectivity index (χ1n) is 5.82. The van der Waals surface area contributed by atoms with Crippen LogP contribution in [0.2, 0.25) is 0 Å². The first kappa shape index (κ1) is 13.2. The number of thiazole rings is 1. The lowest BCUT2D eigenvalue weighted by Crippen LogP contribution is -2.30. The molecule has 0 aliphatic carbocycles. The minimum absolute atomic E-state index is 0.270. The molecule has 0 radical (unpaired) electrons. The second-order valence-corrected chi connectivity index (χ2v) is 5.81. The maximum Gasteiger partial charge on any atom is 0.123 e. The molecule has 18 heavy (non-hydrogen) atoms. The molecule has 0 saturated heterocycles. The minimum Gasteiger partial charge on any atom is -0.389 e. The van der Waals surface area contributed by atoms with E-state index in [1.807, 2.05) is 18.4 Å². The van der Waals surface area contributed by atoms with Crippen molar-refractivity contribution in [3.63, 3.8) is 0 Å². The maximum atomic E-state index is 13.1. The zero-order chi connectivity index (χ0) is 13.2. The molecule has 96 valence electrons. The molecule has 2 aromatic rings. The van der Waals surface area contributed by atoms with Crippen LogP contribution in [-0.4, -0.2) is 15.7 Å². The first-order valence-corrected chi connectivity index (χ1v) is 6.70. The van der Waals surface area contributed by atoms with Gasteiger partial charge in [-0.25, -0.2) is 9.37 Å². The van der Waals surface area contributed by atoms with Crippen LogP contribution in [0.5, 0.6) is 0 Å². The molecule has 0 aliphatic heterocycles. The number of nitrogens with zero attached hydrogens (tertiary/aromatic N) is 1. The van der Waals surface area contributed by atoms with Crippen LogP contribution in [0.4, 0.5) is 4.39 Å². The molecule has 0 bridgehead atoms. The van der Waals surface area contributed by atoms with Crippen LogP contribution in [0.15, 0.2) is 29.6 Å². The van der Waals surface area contributed by atoms with Gasteiger partial charge in [0.1, 0.15) is 5.82 Å². The van der Waals surface area contributed by atoms with Crippen LogP contribution < -0.4 is 0 Å². The molecule has 2 nitrogen and oxygen atoms in total. The first-order chi connectivity index (χ1) is 8.44. The molecule has 1 heterocycles. The number of benzene rings is 1. The number of rotatable bonds is 4. The summed E-state index contributed by atoms with van der Waals surface area (Å²) < 4.78 is 13.1. The lowest BCUT2D eigenvalue weighted by atomic mass is 9.93. The van der Waals surface area contributed by atoms with Crippen LogP contribution in [-0.2, 0) is 12.8 Å². The number of aliphatic hydroxyl groups is 1. The van der Waals surface area contributed by atoms with E-state index in [-0.39, 0.29) is 5.82 Å². The Morgan fingerprint density at radius 2 is 2.17 bits per heavy atom. The molecule has 0 spiro atoms. The van der Waals surface area contributed by atoms with Gasteiger partial charge in [-0.2, -0.15) is 0 Å². The van der Waals surface area contributed by atoms with E-state index in [2.05, 4.69) is 4.98 Å². The summed E-state index contributed by atoms with van der Waals surface area (Å²) in [4.78, 5) is 4.34. The molecule has 1 N–H and O–H groups in total. The van der Waals surface area contributed by atoms with Crippen LogP contribution >= 0.6 is 11.3 Å². The van der Waals surface area contributed by atoms with Gasteiger partial charge in [0.15, 0.2) is 0 Å². The highest BCUT2D eigenvalue weighted by molar-refractivity contribution is 7.09. The van der Waals surface area contributed by atoms with Crippen molar-refractivity contribution >= 4 is 11.3 Å². The van der Waals surface area contributed by atoms with Gasteiger partial charge in [0, 0.05) is 23.9 Å². The topological polar surface area (TPSA) is 33.1 Å². The van der Waals surface area contributed by atoms with Crippen molar-refractivity contribution in [3.05, 3.63) is 51.7 Å². The van der Waals surface area contributed by atoms with E-state index >= 15 is 0 Å². The van der Waals surface area contributed by atoms with Gasteiger partial charge in [-0.05, 0) is 31.5 Å². The van der Waals surface area contributed by atoms with Crippen molar-refractivity contribution in [1.29, 1.82) is 0 Å². The van der Waals surface area contributed by atoms with Crippen molar-refractivity contribution < 1.29 is 9.50 Å². The van der Waals surface area contributed by atoms with Crippen molar-refractivity contribution in [2.24, 2.45) is 0 Å². The Balaban J connectivity index is 2.07. The van der Waals surface area contributed by atoms with Gasteiger partial charge in [0.05, 0.1) is 10.6 Å². The highest BCUT2D eigenvalue weighted by Gasteiger charge is 2.23. The Hall–Kier alpha value is -1.26. The van der Waals surface area contributed by atoms with E-state index in [1.165, 1.54) is 12.1 Å². The van der Waals surface area contributed by atoms with Crippen LogP contribution in [0.1, 0.15) is 23.2 Å². The summed E-state index contributed by atoms with van der Waals surface area (Å²) in [5.74, 6) is -0.270. The van der Waals surface area contributed by atoms with E-state index in [0.29, 0.717) is 12.8 Å². The maximum absolute atomic E-state index is 13.1. The fraction of sp³-hybridized carbons (Fsp3) is 0.357. The van der Waals surface area contributed by atoms with E-state index in [9.17, 15) is 9.50 Å². The Bertz CT molecular complexity index is 536. The predicted molar refractivity (Wildman–Crippen MR) is 71.3 cm³/mol. The van der Waals surface area contributed by atoms with Gasteiger partial charge in [-0.1, -0.05) is 12.1 Å². The van der Waals surface area contributed by atoms with Gasteiger partial charge in [0.25, 0.3) is 0 Å². The van der Waals surface area contributed by atoms with Crippen molar-refractivity contribution in [2.45, 2.75) is 32.3 Å². The molecule has 0 amide bonds. The van der Waals surface area contributed by atoms with Gasteiger partial charge in [-0.3, -0.25) is 0 Å². The Kier molecular flexibility index (Phi) is 3.78. The number of halogens is 1. The number of hydrogen-bond donors (Lipinski definition) is 1. The second-order valence-electron chi connectivity index (χ2n) is 4.86. The average molecular weight is 265 g/mol. The molecule has 1 aromatic heterocycles. The zero-order valence-corrected chi connectivity index (χ0v) is 11.3. The lowest BCUT2D eigenvalue weighted by molar-refractivity contribution is 0.0607. The quantitative estimate of drug-likeness (QED) is 0.921. The van der Waals surface area contributed by atoms with E-state index in [4.69, 9.17) is 0 Å². The number of aryl methyl sites for hydroxylation is 1. The third kappa shape index (κ3) is 3.62. The molecule has 1 atom stereocenters. The molecule has 0 fully saturated rings. The zero-order valence-electron chi connectivity index (χ0n) is 10.5. The summed E-state index contributed by atoms with van der Waals surface area (Å²) in [5.41, 5.74) is 0.864. The number of aromatic nitrogens is 1. The van der Waals surface area contributed by atoms with E-state index < -0.39 is 5.60 Å². The van der Waals surface area contributed by atoms with E-state index in [0.717, 1.165) is 16.3 Å². The number of hydrogen-bond acceptors (Lipinski definition) is 3. The molecular formula is C14H16FNOS. The molecule has 4 heteroatoms. The van der Waals surface area contributed by atoms with Crippen LogP contribution in [0.3, 0.4) is 0 Å². The molecule has 2 rings (SSSR count). The SMILES string of the molecule is Cc1csc(CC(C)(O)Cc2cccc(F)c2)n1. The summed E-state index contributed by atoms with van der Waals surface area (Å²) in [6.45, 7) is 3.69. The second kappa shape index (κ2) is 5.16. The third-order valence-corrected chi connectivity index (χ3v) is 3.64. The van der Waals surface area contributed by atoms with Crippen molar-refractivity contribution in [2.75, 3.05) is 0 Å². The summed E-state index contributed by atoms with van der Waals surface area (Å²) >= 11 is 1.54. The highest BCUT2D eigenvalue weighted by atomic mass is 32.1. The van der Waals surface area contributed by atoms with E-state index in [1.54, 1.807) is 24.3 Å². The fourth-order valence-electron chi connectivity index (χ4n) is 1.96. The largest absolute Gasteiger partial charge is 0.389 e. The summed E-state index contributed by atoms with van der Waals surface area (Å²) in [6.07, 6.45) is 0.908. The normalized spacial score (nSPS) is 14.4. The fourth-order valence-corrected chi connectivity index (χ4v) is 2.91. The smallest absolute Gasteiger partial charge is 0.123 e. The summed E-state index contributed by atoms with van der Waals surface area (Å²) in [7, 11) is 0. The molecule has 1 aromatic carbocycles. The predicted octanol–water partition coefficient (Wildman–Crippen LogP) is 3.13. The summed E-state index contributed by atoms with van der Waals surface area (Å²) in [5, 5.41) is 13.2. The summed E-state index contributed by atoms with van der Waals surface area (Å²) in [6, 6.07) is 6.35. The van der Waals surface area contributed by atoms with Gasteiger partial charge in [0.2, 0.25) is 0 Å². The molecule has 0 aliphatic rings. The third-order valence-electron chi connectivity index (χ3n) is 2.67.